The van der Waals surface area contributed by atoms with E-state index in [1.807, 2.05) is 26.1 Å². The molecule has 0 amide bonds. The predicted octanol–water partition coefficient (Wildman–Crippen LogP) is 2.71. The highest BCUT2D eigenvalue weighted by Crippen LogP contribution is 2.19. The number of alkyl halides is 2. The molecule has 1 aromatic heterocycles. The molecule has 0 aliphatic heterocycles. The highest BCUT2D eigenvalue weighted by molar-refractivity contribution is 5.24. The predicted molar refractivity (Wildman–Crippen MR) is 66.8 cm³/mol. The van der Waals surface area contributed by atoms with Gasteiger partial charge >= 0.3 is 0 Å². The van der Waals surface area contributed by atoms with Crippen LogP contribution < -0.4 is 5.32 Å². The first-order valence-electron chi connectivity index (χ1n) is 6.15. The lowest BCUT2D eigenvalue weighted by atomic mass is 10.0. The summed E-state index contributed by atoms with van der Waals surface area (Å²) < 4.78 is 28.8. The van der Waals surface area contributed by atoms with Gasteiger partial charge in [-0.25, -0.2) is 8.78 Å². The summed E-state index contributed by atoms with van der Waals surface area (Å²) in [6.07, 6.45) is 1.82. The summed E-state index contributed by atoms with van der Waals surface area (Å²) in [5, 5.41) is 3.32. The van der Waals surface area contributed by atoms with Crippen molar-refractivity contribution in [3.8, 4) is 0 Å². The van der Waals surface area contributed by atoms with E-state index in [0.29, 0.717) is 13.0 Å². The van der Waals surface area contributed by atoms with Gasteiger partial charge in [0.15, 0.2) is 0 Å². The Bertz CT molecular complexity index is 348. The van der Waals surface area contributed by atoms with Gasteiger partial charge in [0.2, 0.25) is 0 Å². The summed E-state index contributed by atoms with van der Waals surface area (Å²) in [6, 6.07) is 2.04. The maximum atomic E-state index is 11.9. The molecule has 1 heterocycles. The Morgan fingerprint density at radius 1 is 1.44 bits per heavy atom. The first-order valence-corrected chi connectivity index (χ1v) is 6.15. The summed E-state index contributed by atoms with van der Waals surface area (Å²) in [7, 11) is 0. The zero-order chi connectivity index (χ0) is 13.4. The second kappa shape index (κ2) is 8.11. The molecule has 0 saturated carbocycles. The third-order valence-corrected chi connectivity index (χ3v) is 2.70. The quantitative estimate of drug-likeness (QED) is 0.728. The summed E-state index contributed by atoms with van der Waals surface area (Å²) in [5.74, 6) is 0. The fourth-order valence-corrected chi connectivity index (χ4v) is 1.83. The largest absolute Gasteiger partial charge is 0.375 e. The van der Waals surface area contributed by atoms with Crippen LogP contribution in [0.3, 0.4) is 0 Å². The zero-order valence-corrected chi connectivity index (χ0v) is 10.8. The Morgan fingerprint density at radius 3 is 2.83 bits per heavy atom. The van der Waals surface area contributed by atoms with E-state index in [2.05, 4.69) is 10.3 Å². The first-order chi connectivity index (χ1) is 8.65. The number of halogens is 2. The number of pyridine rings is 1. The molecule has 0 fully saturated rings. The molecule has 0 aliphatic rings. The van der Waals surface area contributed by atoms with Crippen LogP contribution in [-0.2, 0) is 4.74 Å². The van der Waals surface area contributed by atoms with Gasteiger partial charge in [-0.2, -0.15) is 0 Å². The molecule has 1 atom stereocenters. The van der Waals surface area contributed by atoms with E-state index >= 15 is 0 Å². The number of aryl methyl sites for hydroxylation is 1. The highest BCUT2D eigenvalue weighted by Gasteiger charge is 2.13. The third kappa shape index (κ3) is 5.06. The van der Waals surface area contributed by atoms with E-state index in [0.717, 1.165) is 17.7 Å². The van der Waals surface area contributed by atoms with Crippen LogP contribution in [0.5, 0.6) is 0 Å². The molecule has 18 heavy (non-hydrogen) atoms. The zero-order valence-electron chi connectivity index (χ0n) is 10.8. The number of rotatable bonds is 8. The van der Waals surface area contributed by atoms with Gasteiger partial charge in [0.25, 0.3) is 6.43 Å². The molecule has 0 spiro atoms. The average molecular weight is 258 g/mol. The second-order valence-electron chi connectivity index (χ2n) is 4.10. The van der Waals surface area contributed by atoms with E-state index in [4.69, 9.17) is 4.74 Å². The molecular formula is C13H20F2N2O. The Morgan fingerprint density at radius 2 is 2.22 bits per heavy atom. The molecular weight excluding hydrogens is 238 g/mol. The van der Waals surface area contributed by atoms with Gasteiger partial charge in [0.1, 0.15) is 6.61 Å². The summed E-state index contributed by atoms with van der Waals surface area (Å²) in [6.45, 7) is 4.66. The smallest absolute Gasteiger partial charge is 0.261 e. The monoisotopic (exact) mass is 258 g/mol. The van der Waals surface area contributed by atoms with Crippen LogP contribution in [0.2, 0.25) is 0 Å². The number of ether oxygens (including phenoxy) is 1. The van der Waals surface area contributed by atoms with Crippen molar-refractivity contribution < 1.29 is 13.5 Å². The second-order valence-corrected chi connectivity index (χ2v) is 4.10. The number of nitrogens with zero attached hydrogens (tertiary/aromatic N) is 1. The van der Waals surface area contributed by atoms with Gasteiger partial charge in [-0.05, 0) is 37.1 Å². The van der Waals surface area contributed by atoms with Crippen molar-refractivity contribution in [2.75, 3.05) is 19.8 Å². The maximum absolute atomic E-state index is 11.9. The van der Waals surface area contributed by atoms with E-state index in [1.165, 1.54) is 0 Å². The van der Waals surface area contributed by atoms with Crippen molar-refractivity contribution in [1.82, 2.24) is 10.3 Å². The van der Waals surface area contributed by atoms with Crippen molar-refractivity contribution in [3.63, 3.8) is 0 Å². The molecule has 1 unspecified atom stereocenters. The third-order valence-electron chi connectivity index (χ3n) is 2.70. The fraction of sp³-hybridized carbons (Fsp3) is 0.615. The van der Waals surface area contributed by atoms with Crippen molar-refractivity contribution in [3.05, 3.63) is 29.6 Å². The van der Waals surface area contributed by atoms with E-state index in [1.54, 1.807) is 6.20 Å². The van der Waals surface area contributed by atoms with Gasteiger partial charge in [0.05, 0.1) is 0 Å². The number of aromatic nitrogens is 1. The molecule has 1 N–H and O–H groups in total. The fourth-order valence-electron chi connectivity index (χ4n) is 1.83. The lowest BCUT2D eigenvalue weighted by molar-refractivity contribution is 0.0144. The van der Waals surface area contributed by atoms with Crippen molar-refractivity contribution >= 4 is 0 Å². The first kappa shape index (κ1) is 15.0. The van der Waals surface area contributed by atoms with Gasteiger partial charge in [-0.15, -0.1) is 0 Å². The Labute approximate surface area is 107 Å². The standard InChI is InChI=1S/C13H20F2N2O/c1-3-17-12(5-7-18-9-13(14)15)11-8-16-6-4-10(11)2/h4,6,8,12-13,17H,3,5,7,9H2,1-2H3. The lowest BCUT2D eigenvalue weighted by Gasteiger charge is -2.19. The van der Waals surface area contributed by atoms with Crippen LogP contribution in [-0.4, -0.2) is 31.2 Å². The lowest BCUT2D eigenvalue weighted by Crippen LogP contribution is -2.23. The molecule has 1 rings (SSSR count). The molecule has 3 nitrogen and oxygen atoms in total. The van der Waals surface area contributed by atoms with Crippen LogP contribution >= 0.6 is 0 Å². The van der Waals surface area contributed by atoms with Gasteiger partial charge < -0.3 is 10.1 Å². The molecule has 0 radical (unpaired) electrons. The Balaban J connectivity index is 2.52. The molecule has 5 heteroatoms. The number of nitrogens with one attached hydrogen (secondary N) is 1. The number of hydrogen-bond donors (Lipinski definition) is 1. The van der Waals surface area contributed by atoms with Crippen LogP contribution in [0.15, 0.2) is 18.5 Å². The topological polar surface area (TPSA) is 34.1 Å². The van der Waals surface area contributed by atoms with Gasteiger partial charge in [0, 0.05) is 25.0 Å². The summed E-state index contributed by atoms with van der Waals surface area (Å²) in [5.41, 5.74) is 2.24. The van der Waals surface area contributed by atoms with E-state index < -0.39 is 13.0 Å². The van der Waals surface area contributed by atoms with Crippen molar-refractivity contribution in [2.45, 2.75) is 32.7 Å². The van der Waals surface area contributed by atoms with Gasteiger partial charge in [-0.3, -0.25) is 4.98 Å². The van der Waals surface area contributed by atoms with Crippen LogP contribution in [0.25, 0.3) is 0 Å². The normalized spacial score (nSPS) is 12.9. The average Bonchev–Trinajstić information content (AvgIpc) is 2.34. The van der Waals surface area contributed by atoms with Crippen molar-refractivity contribution in [1.29, 1.82) is 0 Å². The molecule has 102 valence electrons. The Kier molecular flexibility index (Phi) is 6.75. The molecule has 0 bridgehead atoms. The van der Waals surface area contributed by atoms with Crippen LogP contribution in [0, 0.1) is 6.92 Å². The molecule has 0 aliphatic carbocycles. The minimum atomic E-state index is -2.40. The van der Waals surface area contributed by atoms with E-state index in [9.17, 15) is 8.78 Å². The minimum Gasteiger partial charge on any atom is -0.375 e. The molecule has 0 aromatic carbocycles. The van der Waals surface area contributed by atoms with Crippen LogP contribution in [0.4, 0.5) is 8.78 Å². The number of hydrogen-bond acceptors (Lipinski definition) is 3. The van der Waals surface area contributed by atoms with Gasteiger partial charge in [-0.1, -0.05) is 6.92 Å². The molecule has 0 saturated heterocycles. The Hall–Kier alpha value is -1.07. The van der Waals surface area contributed by atoms with Crippen LogP contribution in [0.1, 0.15) is 30.5 Å². The van der Waals surface area contributed by atoms with Crippen molar-refractivity contribution in [2.24, 2.45) is 0 Å². The SMILES string of the molecule is CCNC(CCOCC(F)F)c1cnccc1C. The maximum Gasteiger partial charge on any atom is 0.261 e. The summed E-state index contributed by atoms with van der Waals surface area (Å²) >= 11 is 0. The van der Waals surface area contributed by atoms with E-state index in [-0.39, 0.29) is 6.04 Å². The molecule has 1 aromatic rings. The highest BCUT2D eigenvalue weighted by atomic mass is 19.3. The minimum absolute atomic E-state index is 0.0985. The summed E-state index contributed by atoms with van der Waals surface area (Å²) in [4.78, 5) is 4.10.